The summed E-state index contributed by atoms with van der Waals surface area (Å²) in [5, 5.41) is 12.6. The summed E-state index contributed by atoms with van der Waals surface area (Å²) >= 11 is 0. The van der Waals surface area contributed by atoms with Gasteiger partial charge in [0.2, 0.25) is 0 Å². The number of alkyl halides is 3. The van der Waals surface area contributed by atoms with Crippen LogP contribution in [0.15, 0.2) is 18.3 Å². The van der Waals surface area contributed by atoms with Crippen LogP contribution >= 0.6 is 0 Å². The van der Waals surface area contributed by atoms with Crippen molar-refractivity contribution in [2.24, 2.45) is 0 Å². The average Bonchev–Trinajstić information content (AvgIpc) is 2.14. The van der Waals surface area contributed by atoms with E-state index in [1.807, 2.05) is 0 Å². The second-order valence-corrected chi connectivity index (χ2v) is 5.21. The lowest BCUT2D eigenvalue weighted by atomic mass is 9.86. The van der Waals surface area contributed by atoms with E-state index in [0.29, 0.717) is 0 Å². The zero-order valence-corrected chi connectivity index (χ0v) is 10.8. The molecule has 0 atom stereocenters. The molecule has 6 heteroatoms. The highest BCUT2D eigenvalue weighted by Crippen LogP contribution is 2.35. The average molecular weight is 262 g/mol. The maximum absolute atomic E-state index is 12.8. The summed E-state index contributed by atoms with van der Waals surface area (Å²) in [4.78, 5) is 3.70. The van der Waals surface area contributed by atoms with Crippen LogP contribution in [-0.2, 0) is 6.18 Å². The molecule has 1 aromatic heterocycles. The van der Waals surface area contributed by atoms with Gasteiger partial charge in [0.05, 0.1) is 16.7 Å². The number of anilines is 1. The molecule has 1 heterocycles. The normalized spacial score (nSPS) is 13.6. The summed E-state index contributed by atoms with van der Waals surface area (Å²) in [6.45, 7) is 6.27. The molecule has 0 saturated heterocycles. The minimum Gasteiger partial charge on any atom is -0.388 e. The first-order valence-corrected chi connectivity index (χ1v) is 5.48. The first kappa shape index (κ1) is 14.8. The van der Waals surface area contributed by atoms with Gasteiger partial charge in [-0.05, 0) is 39.8 Å². The van der Waals surface area contributed by atoms with Crippen LogP contribution in [0.3, 0.4) is 0 Å². The standard InChI is InChI=1S/C12H17F3N2O/c1-10(2,11(3,4)18)17-9-8(12(13,14)15)6-5-7-16-9/h5-7,18H,1-4H3,(H,16,17). The quantitative estimate of drug-likeness (QED) is 0.880. The van der Waals surface area contributed by atoms with Crippen molar-refractivity contribution >= 4 is 5.82 Å². The molecule has 3 nitrogen and oxygen atoms in total. The monoisotopic (exact) mass is 262 g/mol. The summed E-state index contributed by atoms with van der Waals surface area (Å²) in [5.74, 6) is -0.280. The lowest BCUT2D eigenvalue weighted by Crippen LogP contribution is -2.51. The molecule has 0 aromatic carbocycles. The molecule has 0 radical (unpaired) electrons. The summed E-state index contributed by atoms with van der Waals surface area (Å²) in [7, 11) is 0. The number of aliphatic hydroxyl groups is 1. The van der Waals surface area contributed by atoms with Crippen LogP contribution in [0, 0.1) is 0 Å². The minimum absolute atomic E-state index is 0.280. The Bertz CT molecular complexity index is 422. The van der Waals surface area contributed by atoms with Crippen LogP contribution in [0.2, 0.25) is 0 Å². The number of nitrogens with zero attached hydrogens (tertiary/aromatic N) is 1. The molecule has 1 aromatic rings. The molecule has 0 spiro atoms. The second kappa shape index (κ2) is 4.42. The Balaban J connectivity index is 3.14. The van der Waals surface area contributed by atoms with E-state index in [1.165, 1.54) is 26.1 Å². The van der Waals surface area contributed by atoms with Gasteiger partial charge in [-0.1, -0.05) is 0 Å². The molecule has 1 rings (SSSR count). The second-order valence-electron chi connectivity index (χ2n) is 5.21. The summed E-state index contributed by atoms with van der Waals surface area (Å²) in [6, 6.07) is 2.18. The van der Waals surface area contributed by atoms with Crippen molar-refractivity contribution in [3.05, 3.63) is 23.9 Å². The summed E-state index contributed by atoms with van der Waals surface area (Å²) in [5.41, 5.74) is -3.00. The number of nitrogens with one attached hydrogen (secondary N) is 1. The van der Waals surface area contributed by atoms with E-state index >= 15 is 0 Å². The van der Waals surface area contributed by atoms with Gasteiger partial charge >= 0.3 is 6.18 Å². The summed E-state index contributed by atoms with van der Waals surface area (Å²) in [6.07, 6.45) is -3.20. The smallest absolute Gasteiger partial charge is 0.388 e. The molecule has 18 heavy (non-hydrogen) atoms. The molecule has 2 N–H and O–H groups in total. The Labute approximate surface area is 104 Å². The number of hydrogen-bond donors (Lipinski definition) is 2. The molecule has 102 valence electrons. The van der Waals surface area contributed by atoms with Crippen LogP contribution in [0.5, 0.6) is 0 Å². The maximum atomic E-state index is 12.8. The van der Waals surface area contributed by atoms with Crippen LogP contribution < -0.4 is 5.32 Å². The highest BCUT2D eigenvalue weighted by atomic mass is 19.4. The number of rotatable bonds is 3. The summed E-state index contributed by atoms with van der Waals surface area (Å²) < 4.78 is 38.3. The largest absolute Gasteiger partial charge is 0.419 e. The van der Waals surface area contributed by atoms with Crippen LogP contribution in [0.1, 0.15) is 33.3 Å². The third kappa shape index (κ3) is 3.13. The fraction of sp³-hybridized carbons (Fsp3) is 0.583. The molecule has 0 aliphatic heterocycles. The zero-order valence-electron chi connectivity index (χ0n) is 10.8. The van der Waals surface area contributed by atoms with Crippen LogP contribution in [-0.4, -0.2) is 21.2 Å². The highest BCUT2D eigenvalue weighted by molar-refractivity contribution is 5.48. The fourth-order valence-electron chi connectivity index (χ4n) is 1.18. The van der Waals surface area contributed by atoms with E-state index < -0.39 is 22.9 Å². The third-order valence-corrected chi connectivity index (χ3v) is 3.07. The van der Waals surface area contributed by atoms with Crippen molar-refractivity contribution < 1.29 is 18.3 Å². The Morgan fingerprint density at radius 3 is 2.17 bits per heavy atom. The van der Waals surface area contributed by atoms with Crippen molar-refractivity contribution in [2.45, 2.75) is 45.0 Å². The molecule has 0 unspecified atom stereocenters. The molecular weight excluding hydrogens is 245 g/mol. The van der Waals surface area contributed by atoms with Gasteiger partial charge in [0.25, 0.3) is 0 Å². The lowest BCUT2D eigenvalue weighted by Gasteiger charge is -2.38. The van der Waals surface area contributed by atoms with E-state index in [9.17, 15) is 18.3 Å². The first-order valence-electron chi connectivity index (χ1n) is 5.48. The third-order valence-electron chi connectivity index (χ3n) is 3.07. The van der Waals surface area contributed by atoms with Gasteiger partial charge in [0.15, 0.2) is 0 Å². The van der Waals surface area contributed by atoms with E-state index in [1.54, 1.807) is 13.8 Å². The molecule has 0 bridgehead atoms. The van der Waals surface area contributed by atoms with E-state index in [2.05, 4.69) is 10.3 Å². The number of hydrogen-bond acceptors (Lipinski definition) is 3. The molecule has 0 aliphatic carbocycles. The van der Waals surface area contributed by atoms with Crippen molar-refractivity contribution in [2.75, 3.05) is 5.32 Å². The van der Waals surface area contributed by atoms with E-state index in [4.69, 9.17) is 0 Å². The van der Waals surface area contributed by atoms with Crippen molar-refractivity contribution in [3.63, 3.8) is 0 Å². The molecular formula is C12H17F3N2O. The van der Waals surface area contributed by atoms with Crippen molar-refractivity contribution in [1.29, 1.82) is 0 Å². The Morgan fingerprint density at radius 2 is 1.72 bits per heavy atom. The predicted molar refractivity (Wildman–Crippen MR) is 63.2 cm³/mol. The maximum Gasteiger partial charge on any atom is 0.419 e. The van der Waals surface area contributed by atoms with Crippen LogP contribution in [0.4, 0.5) is 19.0 Å². The van der Waals surface area contributed by atoms with Gasteiger partial charge < -0.3 is 10.4 Å². The van der Waals surface area contributed by atoms with E-state index in [-0.39, 0.29) is 5.82 Å². The Hall–Kier alpha value is -1.30. The first-order chi connectivity index (χ1) is 7.95. The van der Waals surface area contributed by atoms with Gasteiger partial charge in [-0.25, -0.2) is 4.98 Å². The van der Waals surface area contributed by atoms with Gasteiger partial charge in [0.1, 0.15) is 5.82 Å². The molecule has 0 amide bonds. The van der Waals surface area contributed by atoms with E-state index in [0.717, 1.165) is 6.07 Å². The van der Waals surface area contributed by atoms with Gasteiger partial charge in [-0.2, -0.15) is 13.2 Å². The number of halogens is 3. The number of aromatic nitrogens is 1. The SMILES string of the molecule is CC(C)(O)C(C)(C)Nc1ncccc1C(F)(F)F. The van der Waals surface area contributed by atoms with Crippen molar-refractivity contribution in [3.8, 4) is 0 Å². The van der Waals surface area contributed by atoms with Gasteiger partial charge in [-0.15, -0.1) is 0 Å². The highest BCUT2D eigenvalue weighted by Gasteiger charge is 2.39. The topological polar surface area (TPSA) is 45.1 Å². The Kier molecular flexibility index (Phi) is 3.63. The van der Waals surface area contributed by atoms with Gasteiger partial charge in [-0.3, -0.25) is 0 Å². The molecule has 0 aliphatic rings. The molecule has 0 fully saturated rings. The molecule has 0 saturated carbocycles. The van der Waals surface area contributed by atoms with Crippen LogP contribution in [0.25, 0.3) is 0 Å². The lowest BCUT2D eigenvalue weighted by molar-refractivity contribution is -0.137. The Morgan fingerprint density at radius 1 is 1.17 bits per heavy atom. The predicted octanol–water partition coefficient (Wildman–Crippen LogP) is 3.06. The van der Waals surface area contributed by atoms with Crippen molar-refractivity contribution in [1.82, 2.24) is 4.98 Å². The fourth-order valence-corrected chi connectivity index (χ4v) is 1.18. The number of pyridine rings is 1. The van der Waals surface area contributed by atoms with Gasteiger partial charge in [0, 0.05) is 6.20 Å². The minimum atomic E-state index is -4.48. The zero-order chi connectivity index (χ0) is 14.2.